The Morgan fingerprint density at radius 3 is 2.89 bits per heavy atom. The summed E-state index contributed by atoms with van der Waals surface area (Å²) >= 11 is 0. The quantitative estimate of drug-likeness (QED) is 0.856. The molecule has 0 aliphatic carbocycles. The Hall–Kier alpha value is -1.30. The van der Waals surface area contributed by atoms with Crippen LogP contribution in [0.1, 0.15) is 5.56 Å². The Labute approximate surface area is 107 Å². The number of benzene rings is 1. The summed E-state index contributed by atoms with van der Waals surface area (Å²) < 4.78 is 16.3. The van der Waals surface area contributed by atoms with Gasteiger partial charge in [0.1, 0.15) is 0 Å². The molecule has 1 aromatic carbocycles. The maximum atomic E-state index is 5.72. The lowest BCUT2D eigenvalue weighted by Crippen LogP contribution is -2.44. The molecule has 1 fully saturated rings. The summed E-state index contributed by atoms with van der Waals surface area (Å²) in [6, 6.07) is 5.94. The molecule has 0 radical (unpaired) electrons. The minimum atomic E-state index is 0.320. The zero-order valence-corrected chi connectivity index (χ0v) is 10.4. The van der Waals surface area contributed by atoms with Gasteiger partial charge in [-0.25, -0.2) is 0 Å². The molecule has 5 nitrogen and oxygen atoms in total. The van der Waals surface area contributed by atoms with Crippen LogP contribution in [0.4, 0.5) is 0 Å². The summed E-state index contributed by atoms with van der Waals surface area (Å²) in [5.74, 6) is 1.64. The van der Waals surface area contributed by atoms with E-state index in [2.05, 4.69) is 10.2 Å². The van der Waals surface area contributed by atoms with E-state index in [0.717, 1.165) is 43.2 Å². The van der Waals surface area contributed by atoms with Crippen LogP contribution in [-0.4, -0.2) is 44.6 Å². The van der Waals surface area contributed by atoms with Gasteiger partial charge in [-0.3, -0.25) is 4.90 Å². The number of piperazine rings is 1. The van der Waals surface area contributed by atoms with Crippen molar-refractivity contribution in [3.05, 3.63) is 23.8 Å². The average Bonchev–Trinajstić information content (AvgIpc) is 2.87. The largest absolute Gasteiger partial charge is 0.454 e. The van der Waals surface area contributed by atoms with Gasteiger partial charge in [-0.1, -0.05) is 6.07 Å². The van der Waals surface area contributed by atoms with E-state index in [0.29, 0.717) is 20.1 Å². The van der Waals surface area contributed by atoms with Crippen molar-refractivity contribution >= 4 is 0 Å². The van der Waals surface area contributed by atoms with Crippen molar-refractivity contribution < 1.29 is 14.2 Å². The van der Waals surface area contributed by atoms with Crippen molar-refractivity contribution in [1.82, 2.24) is 10.2 Å². The molecule has 3 rings (SSSR count). The fourth-order valence-corrected chi connectivity index (χ4v) is 2.16. The molecule has 98 valence electrons. The van der Waals surface area contributed by atoms with Crippen LogP contribution in [0.2, 0.25) is 0 Å². The van der Waals surface area contributed by atoms with E-state index in [1.165, 1.54) is 0 Å². The number of hydrogen-bond acceptors (Lipinski definition) is 5. The van der Waals surface area contributed by atoms with Gasteiger partial charge < -0.3 is 19.5 Å². The molecule has 0 amide bonds. The van der Waals surface area contributed by atoms with Gasteiger partial charge in [0, 0.05) is 26.2 Å². The van der Waals surface area contributed by atoms with E-state index in [9.17, 15) is 0 Å². The van der Waals surface area contributed by atoms with Crippen LogP contribution in [0.5, 0.6) is 11.5 Å². The molecule has 0 aromatic heterocycles. The predicted octanol–water partition coefficient (Wildman–Crippen LogP) is 0.795. The molecule has 0 spiro atoms. The molecule has 0 bridgehead atoms. The van der Waals surface area contributed by atoms with Crippen LogP contribution in [0.15, 0.2) is 18.2 Å². The third-order valence-electron chi connectivity index (χ3n) is 3.19. The van der Waals surface area contributed by atoms with Gasteiger partial charge >= 0.3 is 0 Å². The minimum Gasteiger partial charge on any atom is -0.454 e. The number of fused-ring (bicyclic) bond motifs is 1. The molecule has 1 aromatic rings. The lowest BCUT2D eigenvalue weighted by atomic mass is 10.2. The highest BCUT2D eigenvalue weighted by molar-refractivity contribution is 5.44. The molecule has 2 aliphatic heterocycles. The monoisotopic (exact) mass is 250 g/mol. The van der Waals surface area contributed by atoms with Gasteiger partial charge in [0.25, 0.3) is 0 Å². The van der Waals surface area contributed by atoms with Gasteiger partial charge in [0.2, 0.25) is 6.79 Å². The number of nitrogens with zero attached hydrogens (tertiary/aromatic N) is 1. The summed E-state index contributed by atoms with van der Waals surface area (Å²) in [5, 5.41) is 3.32. The molecule has 2 aliphatic rings. The van der Waals surface area contributed by atoms with Gasteiger partial charge in [-0.15, -0.1) is 0 Å². The summed E-state index contributed by atoms with van der Waals surface area (Å²) in [7, 11) is 0. The average molecular weight is 250 g/mol. The molecule has 18 heavy (non-hydrogen) atoms. The Bertz CT molecular complexity index is 405. The summed E-state index contributed by atoms with van der Waals surface area (Å²) in [4.78, 5) is 2.31. The minimum absolute atomic E-state index is 0.320. The Morgan fingerprint density at radius 2 is 2.00 bits per heavy atom. The second-order valence-electron chi connectivity index (χ2n) is 4.53. The lowest BCUT2D eigenvalue weighted by Gasteiger charge is -2.26. The Kier molecular flexibility index (Phi) is 3.64. The first-order valence-corrected chi connectivity index (χ1v) is 6.31. The number of rotatable bonds is 4. The highest BCUT2D eigenvalue weighted by Crippen LogP contribution is 2.32. The van der Waals surface area contributed by atoms with Crippen LogP contribution in [0.3, 0.4) is 0 Å². The number of hydrogen-bond donors (Lipinski definition) is 1. The van der Waals surface area contributed by atoms with Crippen molar-refractivity contribution in [2.45, 2.75) is 6.61 Å². The molecule has 5 heteroatoms. The van der Waals surface area contributed by atoms with Gasteiger partial charge in [0.15, 0.2) is 11.5 Å². The predicted molar refractivity (Wildman–Crippen MR) is 66.7 cm³/mol. The van der Waals surface area contributed by atoms with E-state index < -0.39 is 0 Å². The molecule has 2 heterocycles. The van der Waals surface area contributed by atoms with Crippen molar-refractivity contribution in [2.24, 2.45) is 0 Å². The third kappa shape index (κ3) is 2.75. The smallest absolute Gasteiger partial charge is 0.231 e. The summed E-state index contributed by atoms with van der Waals surface area (Å²) in [5.41, 5.74) is 1.12. The first-order valence-electron chi connectivity index (χ1n) is 6.31. The summed E-state index contributed by atoms with van der Waals surface area (Å²) in [6.45, 7) is 5.83. The lowest BCUT2D eigenvalue weighted by molar-refractivity contribution is 0.0131. The fourth-order valence-electron chi connectivity index (χ4n) is 2.16. The Morgan fingerprint density at radius 1 is 1.17 bits per heavy atom. The van der Waals surface area contributed by atoms with Crippen LogP contribution in [0, 0.1) is 0 Å². The van der Waals surface area contributed by atoms with E-state index in [-0.39, 0.29) is 0 Å². The standard InChI is InChI=1S/C13H18N2O3/c1-2-12-13(18-10-17-12)7-11(1)8-16-9-15-5-3-14-4-6-15/h1-2,7,14H,3-6,8-10H2. The van der Waals surface area contributed by atoms with Gasteiger partial charge in [-0.05, 0) is 17.7 Å². The topological polar surface area (TPSA) is 43.0 Å². The number of ether oxygens (including phenoxy) is 3. The zero-order valence-electron chi connectivity index (χ0n) is 10.4. The first kappa shape index (κ1) is 11.8. The van der Waals surface area contributed by atoms with E-state index in [4.69, 9.17) is 14.2 Å². The van der Waals surface area contributed by atoms with Crippen LogP contribution < -0.4 is 14.8 Å². The van der Waals surface area contributed by atoms with Crippen LogP contribution in [0.25, 0.3) is 0 Å². The zero-order chi connectivity index (χ0) is 12.2. The fraction of sp³-hybridized carbons (Fsp3) is 0.538. The third-order valence-corrected chi connectivity index (χ3v) is 3.19. The van der Waals surface area contributed by atoms with E-state index >= 15 is 0 Å². The van der Waals surface area contributed by atoms with Crippen molar-refractivity contribution in [1.29, 1.82) is 0 Å². The molecule has 1 saturated heterocycles. The number of nitrogens with one attached hydrogen (secondary N) is 1. The molecule has 0 atom stereocenters. The van der Waals surface area contributed by atoms with Crippen molar-refractivity contribution in [3.8, 4) is 11.5 Å². The highest BCUT2D eigenvalue weighted by Gasteiger charge is 2.13. The normalized spacial score (nSPS) is 19.1. The van der Waals surface area contributed by atoms with E-state index in [1.807, 2.05) is 18.2 Å². The Balaban J connectivity index is 1.48. The van der Waals surface area contributed by atoms with Gasteiger partial charge in [-0.2, -0.15) is 0 Å². The second-order valence-corrected chi connectivity index (χ2v) is 4.53. The van der Waals surface area contributed by atoms with E-state index in [1.54, 1.807) is 0 Å². The van der Waals surface area contributed by atoms with Crippen molar-refractivity contribution in [2.75, 3.05) is 39.7 Å². The molecule has 0 unspecified atom stereocenters. The second kappa shape index (κ2) is 5.56. The summed E-state index contributed by atoms with van der Waals surface area (Å²) in [6.07, 6.45) is 0. The van der Waals surface area contributed by atoms with Gasteiger partial charge in [0.05, 0.1) is 13.3 Å². The highest BCUT2D eigenvalue weighted by atomic mass is 16.7. The molecular formula is C13H18N2O3. The first-order chi connectivity index (χ1) is 8.92. The SMILES string of the molecule is c1cc2c(cc1COCN1CCNCC1)OCO2. The van der Waals surface area contributed by atoms with Crippen LogP contribution >= 0.6 is 0 Å². The molecule has 0 saturated carbocycles. The maximum Gasteiger partial charge on any atom is 0.231 e. The molecule has 1 N–H and O–H groups in total. The maximum absolute atomic E-state index is 5.72. The van der Waals surface area contributed by atoms with Crippen LogP contribution in [-0.2, 0) is 11.3 Å². The molecular weight excluding hydrogens is 232 g/mol. The van der Waals surface area contributed by atoms with Crippen molar-refractivity contribution in [3.63, 3.8) is 0 Å².